The van der Waals surface area contributed by atoms with Crippen molar-refractivity contribution >= 4 is 6.09 Å². The molecule has 1 atom stereocenters. The molecule has 110 valence electrons. The summed E-state index contributed by atoms with van der Waals surface area (Å²) in [5.41, 5.74) is 0.159. The predicted molar refractivity (Wildman–Crippen MR) is 77.3 cm³/mol. The van der Waals surface area contributed by atoms with Gasteiger partial charge in [-0.15, -0.1) is 0 Å². The van der Waals surface area contributed by atoms with Gasteiger partial charge in [-0.05, 0) is 25.3 Å². The average molecular weight is 277 g/mol. The zero-order chi connectivity index (χ0) is 14.4. The maximum atomic E-state index is 12.1. The quantitative estimate of drug-likeness (QED) is 0.904. The van der Waals surface area contributed by atoms with Crippen molar-refractivity contribution in [3.63, 3.8) is 0 Å². The largest absolute Gasteiger partial charge is 0.445 e. The first kappa shape index (κ1) is 14.9. The maximum absolute atomic E-state index is 12.1. The monoisotopic (exact) mass is 277 g/mol. The fourth-order valence-corrected chi connectivity index (χ4v) is 2.52. The van der Waals surface area contributed by atoms with Gasteiger partial charge >= 0.3 is 6.09 Å². The molecule has 0 aliphatic carbocycles. The van der Waals surface area contributed by atoms with Gasteiger partial charge < -0.3 is 14.7 Å². The van der Waals surface area contributed by atoms with E-state index < -0.39 is 5.60 Å². The van der Waals surface area contributed by atoms with E-state index in [1.807, 2.05) is 30.3 Å². The molecule has 1 fully saturated rings. The third-order valence-corrected chi connectivity index (χ3v) is 3.64. The van der Waals surface area contributed by atoms with Crippen LogP contribution in [-0.2, 0) is 11.3 Å². The van der Waals surface area contributed by atoms with E-state index >= 15 is 0 Å². The highest BCUT2D eigenvalue weighted by molar-refractivity contribution is 5.67. The lowest BCUT2D eigenvalue weighted by Gasteiger charge is -2.33. The van der Waals surface area contributed by atoms with Gasteiger partial charge in [0.15, 0.2) is 0 Å². The van der Waals surface area contributed by atoms with Crippen molar-refractivity contribution in [1.29, 1.82) is 0 Å². The number of nitrogens with zero attached hydrogens (tertiary/aromatic N) is 1. The fourth-order valence-electron chi connectivity index (χ4n) is 2.52. The molecule has 4 heteroatoms. The number of hydrogen-bond acceptors (Lipinski definition) is 3. The molecule has 1 N–H and O–H groups in total. The van der Waals surface area contributed by atoms with Crippen molar-refractivity contribution in [3.05, 3.63) is 35.9 Å². The van der Waals surface area contributed by atoms with Gasteiger partial charge in [0.25, 0.3) is 0 Å². The molecule has 1 saturated heterocycles. The fraction of sp³-hybridized carbons (Fsp3) is 0.562. The highest BCUT2D eigenvalue weighted by atomic mass is 16.6. The Labute approximate surface area is 120 Å². The summed E-state index contributed by atoms with van der Waals surface area (Å²) in [5, 5.41) is 10.2. The molecule has 0 radical (unpaired) electrons. The van der Waals surface area contributed by atoms with Gasteiger partial charge in [0.05, 0.1) is 12.1 Å². The normalized spacial score (nSPS) is 23.8. The lowest BCUT2D eigenvalue weighted by molar-refractivity contribution is -0.000666. The minimum atomic E-state index is -0.813. The molecule has 1 aromatic carbocycles. The van der Waals surface area contributed by atoms with Crippen LogP contribution in [-0.4, -0.2) is 34.8 Å². The SMILES string of the molecule is CC1(O)CCCCCN(C(=O)OCc2ccccc2)C1. The molecular formula is C16H23NO3. The van der Waals surface area contributed by atoms with Crippen molar-refractivity contribution in [2.45, 2.75) is 44.8 Å². The lowest BCUT2D eigenvalue weighted by atomic mass is 9.95. The molecule has 0 spiro atoms. The second-order valence-electron chi connectivity index (χ2n) is 5.77. The third kappa shape index (κ3) is 4.53. The molecule has 0 aromatic heterocycles. The summed E-state index contributed by atoms with van der Waals surface area (Å²) >= 11 is 0. The van der Waals surface area contributed by atoms with Crippen LogP contribution >= 0.6 is 0 Å². The van der Waals surface area contributed by atoms with Crippen molar-refractivity contribution in [1.82, 2.24) is 4.90 Å². The molecule has 0 saturated carbocycles. The molecule has 1 aliphatic rings. The van der Waals surface area contributed by atoms with Crippen molar-refractivity contribution in [3.8, 4) is 0 Å². The van der Waals surface area contributed by atoms with Crippen molar-refractivity contribution < 1.29 is 14.6 Å². The predicted octanol–water partition coefficient (Wildman–Crippen LogP) is 2.95. The second kappa shape index (κ2) is 6.75. The highest BCUT2D eigenvalue weighted by Gasteiger charge is 2.28. The number of β-amino-alcohol motifs (C(OH)–C–C–N with tert-alkyl or cyclic N) is 1. The summed E-state index contributed by atoms with van der Waals surface area (Å²) in [4.78, 5) is 13.7. The Morgan fingerprint density at radius 1 is 1.30 bits per heavy atom. The number of amides is 1. The number of aliphatic hydroxyl groups is 1. The topological polar surface area (TPSA) is 49.8 Å². The molecule has 1 amide bonds. The van der Waals surface area contributed by atoms with Crippen LogP contribution in [0.1, 0.15) is 38.2 Å². The number of ether oxygens (including phenoxy) is 1. The highest BCUT2D eigenvalue weighted by Crippen LogP contribution is 2.20. The Morgan fingerprint density at radius 2 is 2.05 bits per heavy atom. The Balaban J connectivity index is 1.89. The summed E-state index contributed by atoms with van der Waals surface area (Å²) in [6, 6.07) is 9.63. The van der Waals surface area contributed by atoms with Gasteiger partial charge in [-0.25, -0.2) is 4.79 Å². The average Bonchev–Trinajstić information content (AvgIpc) is 2.42. The van der Waals surface area contributed by atoms with E-state index in [4.69, 9.17) is 4.74 Å². The van der Waals surface area contributed by atoms with E-state index in [1.54, 1.807) is 11.8 Å². The van der Waals surface area contributed by atoms with Crippen LogP contribution in [0.15, 0.2) is 30.3 Å². The van der Waals surface area contributed by atoms with E-state index in [0.29, 0.717) is 13.1 Å². The minimum Gasteiger partial charge on any atom is -0.445 e. The van der Waals surface area contributed by atoms with Crippen LogP contribution in [0.2, 0.25) is 0 Å². The molecule has 0 bridgehead atoms. The first-order valence-corrected chi connectivity index (χ1v) is 7.25. The molecule has 2 rings (SSSR count). The molecule has 1 heterocycles. The first-order chi connectivity index (χ1) is 9.57. The van der Waals surface area contributed by atoms with E-state index in [0.717, 1.165) is 31.2 Å². The third-order valence-electron chi connectivity index (χ3n) is 3.64. The smallest absolute Gasteiger partial charge is 0.410 e. The van der Waals surface area contributed by atoms with E-state index in [1.165, 1.54) is 0 Å². The molecule has 20 heavy (non-hydrogen) atoms. The zero-order valence-corrected chi connectivity index (χ0v) is 12.0. The van der Waals surface area contributed by atoms with Crippen LogP contribution in [0.25, 0.3) is 0 Å². The van der Waals surface area contributed by atoms with Crippen molar-refractivity contribution in [2.24, 2.45) is 0 Å². The molecular weight excluding hydrogens is 254 g/mol. The Hall–Kier alpha value is -1.55. The van der Waals surface area contributed by atoms with Gasteiger partial charge in [0.1, 0.15) is 6.61 Å². The molecule has 1 aromatic rings. The first-order valence-electron chi connectivity index (χ1n) is 7.25. The Kier molecular flexibility index (Phi) is 5.01. The van der Waals surface area contributed by atoms with E-state index in [2.05, 4.69) is 0 Å². The van der Waals surface area contributed by atoms with Gasteiger partial charge in [-0.3, -0.25) is 0 Å². The van der Waals surface area contributed by atoms with Gasteiger partial charge in [-0.2, -0.15) is 0 Å². The lowest BCUT2D eigenvalue weighted by Crippen LogP contribution is -2.45. The number of carbonyl (C=O) groups excluding carboxylic acids is 1. The number of likely N-dealkylation sites (tertiary alicyclic amines) is 1. The maximum Gasteiger partial charge on any atom is 0.410 e. The summed E-state index contributed by atoms with van der Waals surface area (Å²) < 4.78 is 5.33. The summed E-state index contributed by atoms with van der Waals surface area (Å²) in [7, 11) is 0. The zero-order valence-electron chi connectivity index (χ0n) is 12.0. The summed E-state index contributed by atoms with van der Waals surface area (Å²) in [6.45, 7) is 3.07. The van der Waals surface area contributed by atoms with E-state index in [-0.39, 0.29) is 12.7 Å². The summed E-state index contributed by atoms with van der Waals surface area (Å²) in [5.74, 6) is 0. The molecule has 1 aliphatic heterocycles. The van der Waals surface area contributed by atoms with E-state index in [9.17, 15) is 9.90 Å². The van der Waals surface area contributed by atoms with Crippen LogP contribution in [0.5, 0.6) is 0 Å². The number of rotatable bonds is 2. The number of hydrogen-bond donors (Lipinski definition) is 1. The standard InChI is InChI=1S/C16H23NO3/c1-16(19)10-6-3-7-11-17(13-16)15(18)20-12-14-8-4-2-5-9-14/h2,4-5,8-9,19H,3,6-7,10-13H2,1H3. The number of benzene rings is 1. The second-order valence-corrected chi connectivity index (χ2v) is 5.77. The molecule has 1 unspecified atom stereocenters. The van der Waals surface area contributed by atoms with Crippen LogP contribution < -0.4 is 0 Å². The van der Waals surface area contributed by atoms with Crippen LogP contribution in [0.4, 0.5) is 4.79 Å². The Morgan fingerprint density at radius 3 is 2.80 bits per heavy atom. The van der Waals surface area contributed by atoms with Gasteiger partial charge in [-0.1, -0.05) is 43.2 Å². The minimum absolute atomic E-state index is 0.276. The van der Waals surface area contributed by atoms with Crippen LogP contribution in [0.3, 0.4) is 0 Å². The van der Waals surface area contributed by atoms with Crippen molar-refractivity contribution in [2.75, 3.05) is 13.1 Å². The summed E-state index contributed by atoms with van der Waals surface area (Å²) in [6.07, 6.45) is 3.42. The Bertz CT molecular complexity index is 431. The van der Waals surface area contributed by atoms with Gasteiger partial charge in [0.2, 0.25) is 0 Å². The molecule has 4 nitrogen and oxygen atoms in total. The van der Waals surface area contributed by atoms with Crippen LogP contribution in [0, 0.1) is 0 Å². The van der Waals surface area contributed by atoms with Gasteiger partial charge in [0, 0.05) is 6.54 Å². The number of carbonyl (C=O) groups is 1.